The highest BCUT2D eigenvalue weighted by Crippen LogP contribution is 2.41. The van der Waals surface area contributed by atoms with E-state index in [4.69, 9.17) is 37.1 Å². The van der Waals surface area contributed by atoms with E-state index in [-0.39, 0.29) is 5.82 Å². The van der Waals surface area contributed by atoms with Crippen LogP contribution in [0.3, 0.4) is 0 Å². The molecule has 10 heteroatoms. The number of rotatable bonds is 9. The van der Waals surface area contributed by atoms with Gasteiger partial charge in [0.15, 0.2) is 5.75 Å². The molecule has 0 radical (unpaired) electrons. The van der Waals surface area contributed by atoms with Gasteiger partial charge in [-0.2, -0.15) is 0 Å². The third kappa shape index (κ3) is 4.96. The fraction of sp³-hybridized carbons (Fsp3) is 0.111. The molecule has 6 aromatic rings. The van der Waals surface area contributed by atoms with Crippen molar-refractivity contribution in [2.24, 2.45) is 0 Å². The fourth-order valence-electron chi connectivity index (χ4n) is 4.37. The van der Waals surface area contributed by atoms with Crippen molar-refractivity contribution in [2.75, 3.05) is 13.2 Å². The molecule has 3 N–H and O–H groups in total. The van der Waals surface area contributed by atoms with E-state index in [9.17, 15) is 4.39 Å². The number of hydrogen-bond donors (Lipinski definition) is 3. The number of aromatic nitrogens is 2. The summed E-state index contributed by atoms with van der Waals surface area (Å²) in [6.45, 7) is 0.765. The van der Waals surface area contributed by atoms with Gasteiger partial charge in [0.25, 0.3) is 0 Å². The Morgan fingerprint density at radius 2 is 1.38 bits per heavy atom. The molecule has 0 saturated carbocycles. The predicted molar refractivity (Wildman–Crippen MR) is 148 cm³/mol. The van der Waals surface area contributed by atoms with Crippen molar-refractivity contribution in [2.45, 2.75) is 11.3 Å². The number of halogens is 3. The Labute approximate surface area is 225 Å². The molecule has 0 bridgehead atoms. The maximum atomic E-state index is 13.0. The minimum absolute atomic E-state index is 0.297. The zero-order valence-electron chi connectivity index (χ0n) is 19.2. The smallest absolute Gasteiger partial charge is 0.167 e. The van der Waals surface area contributed by atoms with Crippen molar-refractivity contribution in [3.63, 3.8) is 0 Å². The third-order valence-electron chi connectivity index (χ3n) is 6.03. The van der Waals surface area contributed by atoms with Gasteiger partial charge >= 0.3 is 0 Å². The molecule has 2 heterocycles. The van der Waals surface area contributed by atoms with Gasteiger partial charge in [-0.15, -0.1) is 0 Å². The van der Waals surface area contributed by atoms with Crippen molar-refractivity contribution in [1.29, 1.82) is 0 Å². The Morgan fingerprint density at radius 1 is 0.757 bits per heavy atom. The first kappa shape index (κ1) is 24.4. The van der Waals surface area contributed by atoms with Crippen LogP contribution >= 0.6 is 35.2 Å². The molecule has 0 amide bonds. The van der Waals surface area contributed by atoms with Crippen LogP contribution in [-0.4, -0.2) is 23.2 Å². The van der Waals surface area contributed by atoms with Gasteiger partial charge in [-0.05, 0) is 66.7 Å². The second-order valence-electron chi connectivity index (χ2n) is 8.44. The number of aromatic amines is 2. The van der Waals surface area contributed by atoms with Crippen LogP contribution < -0.4 is 10.4 Å². The van der Waals surface area contributed by atoms with E-state index in [1.165, 1.54) is 12.1 Å². The lowest BCUT2D eigenvalue weighted by atomic mass is 10.1. The highest BCUT2D eigenvalue weighted by atomic mass is 35.5. The summed E-state index contributed by atoms with van der Waals surface area (Å²) in [6.07, 6.45) is 0.605. The number of fused-ring (bicyclic) bond motifs is 6. The minimum Gasteiger partial charge on any atom is -0.489 e. The summed E-state index contributed by atoms with van der Waals surface area (Å²) in [5.41, 5.74) is 6.16. The molecule has 4 aromatic carbocycles. The second kappa shape index (κ2) is 10.4. The van der Waals surface area contributed by atoms with Crippen LogP contribution in [0.2, 0.25) is 10.0 Å². The second-order valence-corrected chi connectivity index (χ2v) is 10.1. The summed E-state index contributed by atoms with van der Waals surface area (Å²) in [7, 11) is 0. The number of nitrogens with one attached hydrogen (secondary N) is 3. The highest BCUT2D eigenvalue weighted by Gasteiger charge is 2.18. The summed E-state index contributed by atoms with van der Waals surface area (Å²) >= 11 is 13.7. The third-order valence-corrected chi connectivity index (χ3v) is 7.11. The maximum Gasteiger partial charge on any atom is 0.167 e. The molecule has 0 atom stereocenters. The average molecular weight is 556 g/mol. The first-order valence-corrected chi connectivity index (χ1v) is 13.0. The maximum absolute atomic E-state index is 13.0. The van der Waals surface area contributed by atoms with E-state index in [1.807, 2.05) is 36.4 Å². The highest BCUT2D eigenvalue weighted by molar-refractivity contribution is 7.94. The Balaban J connectivity index is 1.20. The van der Waals surface area contributed by atoms with Gasteiger partial charge in [-0.3, -0.25) is 4.84 Å². The largest absolute Gasteiger partial charge is 0.489 e. The fourth-order valence-corrected chi connectivity index (χ4v) is 5.14. The molecule has 0 fully saturated rings. The molecule has 0 aliphatic carbocycles. The summed E-state index contributed by atoms with van der Waals surface area (Å²) in [4.78, 5) is 13.0. The molecule has 37 heavy (non-hydrogen) atoms. The Hall–Kier alpha value is -2.98. The van der Waals surface area contributed by atoms with Crippen LogP contribution in [0.4, 0.5) is 4.39 Å². The summed E-state index contributed by atoms with van der Waals surface area (Å²) in [6, 6.07) is 19.7. The first-order valence-electron chi connectivity index (χ1n) is 11.5. The standard InChI is InChI=1S/C27H20Cl2FN3O3S/c28-15-2-8-23-19(12-15)21-14-22-20-13-16(29)3-9-24(20)32-26(22)27(25(21)31-23)34-10-1-11-35-33-36-37-18-6-4-17(30)5-7-18/h2-9,12-14,31-33H,1,10-11H2. The molecular formula is C27H20Cl2FN3O3S. The van der Waals surface area contributed by atoms with Crippen molar-refractivity contribution in [1.82, 2.24) is 15.6 Å². The van der Waals surface area contributed by atoms with Crippen LogP contribution in [0.15, 0.2) is 71.6 Å². The number of hydrogen-bond acceptors (Lipinski definition) is 5. The van der Waals surface area contributed by atoms with Gasteiger partial charge in [-0.25, -0.2) is 8.67 Å². The van der Waals surface area contributed by atoms with Crippen LogP contribution in [0, 0.1) is 5.82 Å². The van der Waals surface area contributed by atoms with E-state index in [2.05, 4.69) is 21.7 Å². The van der Waals surface area contributed by atoms with Gasteiger partial charge in [0.2, 0.25) is 0 Å². The Bertz CT molecular complexity index is 1640. The molecule has 6 nitrogen and oxygen atoms in total. The van der Waals surface area contributed by atoms with Crippen molar-refractivity contribution >= 4 is 78.9 Å². The van der Waals surface area contributed by atoms with Crippen molar-refractivity contribution < 1.29 is 18.2 Å². The van der Waals surface area contributed by atoms with Crippen LogP contribution in [0.25, 0.3) is 43.6 Å². The lowest BCUT2D eigenvalue weighted by Crippen LogP contribution is -2.14. The van der Waals surface area contributed by atoms with Gasteiger partial charge < -0.3 is 14.7 Å². The molecule has 0 saturated heterocycles. The van der Waals surface area contributed by atoms with Gasteiger partial charge in [0.05, 0.1) is 36.3 Å². The summed E-state index contributed by atoms with van der Waals surface area (Å²) < 4.78 is 24.5. The molecule has 2 aromatic heterocycles. The van der Waals surface area contributed by atoms with Gasteiger partial charge in [0, 0.05) is 53.9 Å². The molecule has 188 valence electrons. The molecular weight excluding hydrogens is 536 g/mol. The lowest BCUT2D eigenvalue weighted by Gasteiger charge is -2.10. The van der Waals surface area contributed by atoms with E-state index in [0.29, 0.717) is 29.7 Å². The van der Waals surface area contributed by atoms with Crippen LogP contribution in [0.1, 0.15) is 6.42 Å². The van der Waals surface area contributed by atoms with Crippen molar-refractivity contribution in [3.05, 3.63) is 82.6 Å². The normalized spacial score (nSPS) is 11.9. The number of benzene rings is 4. The zero-order valence-corrected chi connectivity index (χ0v) is 21.6. The Kier molecular flexibility index (Phi) is 6.86. The topological polar surface area (TPSA) is 71.3 Å². The van der Waals surface area contributed by atoms with Gasteiger partial charge in [-0.1, -0.05) is 28.8 Å². The van der Waals surface area contributed by atoms with Crippen LogP contribution in [-0.2, 0) is 9.12 Å². The van der Waals surface area contributed by atoms with E-state index in [1.54, 1.807) is 12.1 Å². The van der Waals surface area contributed by atoms with Crippen molar-refractivity contribution in [3.8, 4) is 5.75 Å². The predicted octanol–water partition coefficient (Wildman–Crippen LogP) is 8.33. The van der Waals surface area contributed by atoms with Gasteiger partial charge in [0.1, 0.15) is 5.82 Å². The molecule has 0 aliphatic heterocycles. The van der Waals surface area contributed by atoms with E-state index < -0.39 is 0 Å². The minimum atomic E-state index is -0.297. The monoisotopic (exact) mass is 555 g/mol. The SMILES string of the molecule is Fc1ccc(SONOCCCOc2c3[nH]c4ccc(Cl)cc4c3cc3c2[nH]c2ccc(Cl)cc23)cc1. The molecule has 0 unspecified atom stereocenters. The molecule has 0 spiro atoms. The molecule has 6 rings (SSSR count). The van der Waals surface area contributed by atoms with Crippen LogP contribution in [0.5, 0.6) is 5.75 Å². The zero-order chi connectivity index (χ0) is 25.4. The Morgan fingerprint density at radius 3 is 2.00 bits per heavy atom. The van der Waals surface area contributed by atoms with E-state index in [0.717, 1.165) is 66.3 Å². The number of H-pyrrole nitrogens is 2. The summed E-state index contributed by atoms with van der Waals surface area (Å²) in [5.74, 6) is 0.428. The van der Waals surface area contributed by atoms with E-state index >= 15 is 0 Å². The molecule has 0 aliphatic rings. The summed E-state index contributed by atoms with van der Waals surface area (Å²) in [5, 5.41) is 5.42. The first-order chi connectivity index (χ1) is 18.1. The lowest BCUT2D eigenvalue weighted by molar-refractivity contribution is -0.0974. The average Bonchev–Trinajstić information content (AvgIpc) is 3.44. The number of ether oxygens (including phenoxy) is 1. The quantitative estimate of drug-likeness (QED) is 0.0949.